The van der Waals surface area contributed by atoms with Crippen molar-refractivity contribution in [1.82, 2.24) is 9.62 Å². The van der Waals surface area contributed by atoms with Crippen molar-refractivity contribution in [1.29, 1.82) is 0 Å². The zero-order valence-corrected chi connectivity index (χ0v) is 13.9. The number of thiophene rings is 1. The van der Waals surface area contributed by atoms with Gasteiger partial charge in [-0.1, -0.05) is 20.3 Å². The van der Waals surface area contributed by atoms with Gasteiger partial charge in [0.2, 0.25) is 0 Å². The predicted molar refractivity (Wildman–Crippen MR) is 83.5 cm³/mol. The molecule has 2 rings (SSSR count). The highest BCUT2D eigenvalue weighted by molar-refractivity contribution is 7.91. The molecule has 0 atom stereocenters. The third-order valence-electron chi connectivity index (χ3n) is 3.51. The number of unbranched alkanes of at least 4 members (excludes halogenated alkanes) is 1. The summed E-state index contributed by atoms with van der Waals surface area (Å²) < 4.78 is 27.2. The Morgan fingerprint density at radius 2 is 2.15 bits per heavy atom. The monoisotopic (exact) mass is 316 g/mol. The van der Waals surface area contributed by atoms with Crippen LogP contribution in [0.1, 0.15) is 45.1 Å². The summed E-state index contributed by atoms with van der Waals surface area (Å²) in [6.07, 6.45) is 4.41. The standard InChI is InChI=1S/C14H24N2O2S2/c1-3-5-8-16(4-2)20(17,18)14-9-12(11-19-14)10-15-13-6-7-13/h9,11,13,15H,3-8,10H2,1-2H3. The smallest absolute Gasteiger partial charge is 0.252 e. The maximum absolute atomic E-state index is 12.5. The Kier molecular flexibility index (Phi) is 5.60. The van der Waals surface area contributed by atoms with Crippen LogP contribution in [0.3, 0.4) is 0 Å². The molecular formula is C14H24N2O2S2. The van der Waals surface area contributed by atoms with Crippen molar-refractivity contribution in [3.63, 3.8) is 0 Å². The predicted octanol–water partition coefficient (Wildman–Crippen LogP) is 2.81. The number of hydrogen-bond donors (Lipinski definition) is 1. The lowest BCUT2D eigenvalue weighted by Gasteiger charge is -2.18. The first kappa shape index (κ1) is 15.9. The van der Waals surface area contributed by atoms with E-state index in [2.05, 4.69) is 12.2 Å². The first-order chi connectivity index (χ1) is 9.57. The summed E-state index contributed by atoms with van der Waals surface area (Å²) in [7, 11) is -3.30. The normalized spacial score (nSPS) is 15.9. The van der Waals surface area contributed by atoms with Crippen LogP contribution in [0.4, 0.5) is 0 Å². The molecule has 1 N–H and O–H groups in total. The summed E-state index contributed by atoms with van der Waals surface area (Å²) in [4.78, 5) is 0. The highest BCUT2D eigenvalue weighted by Gasteiger charge is 2.25. The van der Waals surface area contributed by atoms with E-state index in [0.717, 1.165) is 24.9 Å². The highest BCUT2D eigenvalue weighted by Crippen LogP contribution is 2.25. The van der Waals surface area contributed by atoms with E-state index >= 15 is 0 Å². The largest absolute Gasteiger partial charge is 0.310 e. The molecule has 0 bridgehead atoms. The van der Waals surface area contributed by atoms with Gasteiger partial charge in [-0.3, -0.25) is 0 Å². The molecule has 0 unspecified atom stereocenters. The highest BCUT2D eigenvalue weighted by atomic mass is 32.2. The van der Waals surface area contributed by atoms with Crippen LogP contribution >= 0.6 is 11.3 Å². The van der Waals surface area contributed by atoms with Crippen molar-refractivity contribution >= 4 is 21.4 Å². The molecule has 1 aliphatic rings. The zero-order valence-electron chi connectivity index (χ0n) is 12.3. The Hall–Kier alpha value is -0.430. The minimum absolute atomic E-state index is 0.475. The second-order valence-corrected chi connectivity index (χ2v) is 8.36. The third kappa shape index (κ3) is 4.04. The number of nitrogens with one attached hydrogen (secondary N) is 1. The molecule has 1 saturated carbocycles. The molecule has 4 nitrogen and oxygen atoms in total. The lowest BCUT2D eigenvalue weighted by Crippen LogP contribution is -2.31. The first-order valence-corrected chi connectivity index (χ1v) is 9.70. The van der Waals surface area contributed by atoms with Gasteiger partial charge in [0.1, 0.15) is 4.21 Å². The topological polar surface area (TPSA) is 49.4 Å². The molecular weight excluding hydrogens is 292 g/mol. The fraction of sp³-hybridized carbons (Fsp3) is 0.714. The fourth-order valence-corrected chi connectivity index (χ4v) is 4.89. The lowest BCUT2D eigenvalue weighted by atomic mass is 10.3. The van der Waals surface area contributed by atoms with Crippen LogP contribution in [0, 0.1) is 0 Å². The molecule has 20 heavy (non-hydrogen) atoms. The van der Waals surface area contributed by atoms with Crippen LogP contribution in [0.15, 0.2) is 15.7 Å². The quantitative estimate of drug-likeness (QED) is 0.762. The van der Waals surface area contributed by atoms with Crippen molar-refractivity contribution < 1.29 is 8.42 Å². The molecule has 6 heteroatoms. The van der Waals surface area contributed by atoms with Gasteiger partial charge >= 0.3 is 0 Å². The molecule has 0 amide bonds. The molecule has 1 heterocycles. The van der Waals surface area contributed by atoms with Gasteiger partial charge in [-0.2, -0.15) is 4.31 Å². The van der Waals surface area contributed by atoms with Crippen LogP contribution in [-0.4, -0.2) is 31.9 Å². The van der Waals surface area contributed by atoms with Gasteiger partial charge in [0, 0.05) is 25.7 Å². The van der Waals surface area contributed by atoms with Gasteiger partial charge in [0.05, 0.1) is 0 Å². The minimum atomic E-state index is -3.30. The Morgan fingerprint density at radius 3 is 2.75 bits per heavy atom. The Morgan fingerprint density at radius 1 is 1.40 bits per heavy atom. The van der Waals surface area contributed by atoms with E-state index in [4.69, 9.17) is 0 Å². The first-order valence-electron chi connectivity index (χ1n) is 7.38. The van der Waals surface area contributed by atoms with Crippen molar-refractivity contribution in [3.8, 4) is 0 Å². The van der Waals surface area contributed by atoms with E-state index < -0.39 is 10.0 Å². The Balaban J connectivity index is 2.03. The zero-order chi connectivity index (χ0) is 14.6. The molecule has 0 radical (unpaired) electrons. The van der Waals surface area contributed by atoms with Gasteiger partial charge in [-0.15, -0.1) is 11.3 Å². The molecule has 1 aromatic rings. The number of rotatable bonds is 9. The molecule has 1 aliphatic carbocycles. The molecule has 1 fully saturated rings. The van der Waals surface area contributed by atoms with Gasteiger partial charge in [0.25, 0.3) is 10.0 Å². The van der Waals surface area contributed by atoms with Crippen LogP contribution in [0.25, 0.3) is 0 Å². The maximum atomic E-state index is 12.5. The molecule has 114 valence electrons. The summed E-state index contributed by atoms with van der Waals surface area (Å²) in [5, 5.41) is 5.37. The fourth-order valence-electron chi connectivity index (χ4n) is 2.04. The van der Waals surface area contributed by atoms with Crippen LogP contribution in [0.5, 0.6) is 0 Å². The molecule has 1 aromatic heterocycles. The van der Waals surface area contributed by atoms with Crippen LogP contribution in [0.2, 0.25) is 0 Å². The second-order valence-electron chi connectivity index (χ2n) is 5.28. The SMILES string of the molecule is CCCCN(CC)S(=O)(=O)c1cc(CNC2CC2)cs1. The summed E-state index contributed by atoms with van der Waals surface area (Å²) in [5.74, 6) is 0. The molecule has 0 saturated heterocycles. The summed E-state index contributed by atoms with van der Waals surface area (Å²) >= 11 is 1.34. The van der Waals surface area contributed by atoms with E-state index in [1.165, 1.54) is 24.2 Å². The van der Waals surface area contributed by atoms with Crippen molar-refractivity contribution in [3.05, 3.63) is 17.0 Å². The van der Waals surface area contributed by atoms with E-state index in [0.29, 0.717) is 23.3 Å². The lowest BCUT2D eigenvalue weighted by molar-refractivity contribution is 0.420. The summed E-state index contributed by atoms with van der Waals surface area (Å²) in [6, 6.07) is 2.47. The van der Waals surface area contributed by atoms with Crippen molar-refractivity contribution in [2.75, 3.05) is 13.1 Å². The van der Waals surface area contributed by atoms with Crippen molar-refractivity contribution in [2.24, 2.45) is 0 Å². The number of sulfonamides is 1. The van der Waals surface area contributed by atoms with Gasteiger partial charge in [0.15, 0.2) is 0 Å². The minimum Gasteiger partial charge on any atom is -0.310 e. The van der Waals surface area contributed by atoms with E-state index in [-0.39, 0.29) is 0 Å². The molecule has 0 aliphatic heterocycles. The average molecular weight is 316 g/mol. The van der Waals surface area contributed by atoms with Crippen LogP contribution in [-0.2, 0) is 16.6 Å². The second kappa shape index (κ2) is 7.02. The number of hydrogen-bond acceptors (Lipinski definition) is 4. The summed E-state index contributed by atoms with van der Waals surface area (Å²) in [6.45, 7) is 5.90. The molecule has 0 aromatic carbocycles. The van der Waals surface area contributed by atoms with E-state index in [9.17, 15) is 8.42 Å². The van der Waals surface area contributed by atoms with Gasteiger partial charge < -0.3 is 5.32 Å². The maximum Gasteiger partial charge on any atom is 0.252 e. The Labute approximate surface area is 126 Å². The van der Waals surface area contributed by atoms with Gasteiger partial charge in [-0.25, -0.2) is 8.42 Å². The summed E-state index contributed by atoms with van der Waals surface area (Å²) in [5.41, 5.74) is 1.08. The van der Waals surface area contributed by atoms with Gasteiger partial charge in [-0.05, 0) is 36.3 Å². The third-order valence-corrected chi connectivity index (χ3v) is 6.95. The van der Waals surface area contributed by atoms with Crippen LogP contribution < -0.4 is 5.32 Å². The molecule has 0 spiro atoms. The Bertz CT molecular complexity index is 521. The number of nitrogens with zero attached hydrogens (tertiary/aromatic N) is 1. The average Bonchev–Trinajstić information content (AvgIpc) is 3.13. The van der Waals surface area contributed by atoms with E-state index in [1.807, 2.05) is 18.4 Å². The van der Waals surface area contributed by atoms with Crippen molar-refractivity contribution in [2.45, 2.75) is 56.3 Å². The van der Waals surface area contributed by atoms with E-state index in [1.54, 1.807) is 4.31 Å².